The van der Waals surface area contributed by atoms with Gasteiger partial charge in [0.2, 0.25) is 0 Å². The predicted molar refractivity (Wildman–Crippen MR) is 101 cm³/mol. The quantitative estimate of drug-likeness (QED) is 0.622. The summed E-state index contributed by atoms with van der Waals surface area (Å²) in [6.07, 6.45) is 8.85. The first-order valence-electron chi connectivity index (χ1n) is 8.96. The molecule has 0 aromatic heterocycles. The Kier molecular flexibility index (Phi) is 3.92. The zero-order valence-corrected chi connectivity index (χ0v) is 14.8. The highest BCUT2D eigenvalue weighted by Crippen LogP contribution is 2.56. The van der Waals surface area contributed by atoms with Gasteiger partial charge in [-0.1, -0.05) is 38.1 Å². The highest BCUT2D eigenvalue weighted by molar-refractivity contribution is 7.80. The lowest BCUT2D eigenvalue weighted by molar-refractivity contribution is 0.246. The molecule has 3 aliphatic rings. The number of thiocarbonyl (C=S) groups is 1. The fraction of sp³-hybridized carbons (Fsp3) is 0.550. The number of hydrogen-bond donors (Lipinski definition) is 2. The lowest BCUT2D eigenvalue weighted by Crippen LogP contribution is -2.44. The van der Waals surface area contributed by atoms with Crippen molar-refractivity contribution in [2.24, 2.45) is 23.7 Å². The van der Waals surface area contributed by atoms with E-state index in [1.54, 1.807) is 0 Å². The number of fused-ring (bicyclic) bond motifs is 5. The van der Waals surface area contributed by atoms with Crippen LogP contribution in [0, 0.1) is 23.7 Å². The van der Waals surface area contributed by atoms with Crippen LogP contribution in [0.1, 0.15) is 44.6 Å². The van der Waals surface area contributed by atoms with Crippen molar-refractivity contribution in [3.05, 3.63) is 42.0 Å². The van der Waals surface area contributed by atoms with Gasteiger partial charge in [-0.05, 0) is 78.8 Å². The molecule has 5 atom stereocenters. The Morgan fingerprint density at radius 3 is 2.65 bits per heavy atom. The number of benzene rings is 1. The summed E-state index contributed by atoms with van der Waals surface area (Å²) in [7, 11) is 0. The van der Waals surface area contributed by atoms with Crippen LogP contribution >= 0.6 is 12.2 Å². The molecule has 0 unspecified atom stereocenters. The molecule has 0 amide bonds. The molecule has 0 radical (unpaired) electrons. The molecule has 4 rings (SSSR count). The standard InChI is InChI=1S/C20H26N2S/c1-12(2)13-6-8-15(9-7-13)21-20(23)22-19-11-14-10-18(19)17-5-3-4-16(14)17/h3,5-9,12,14,16-19H,4,10-11H2,1-2H3,(H2,21,22,23)/t14-,16+,17-,18+,19+/m0/s1. The summed E-state index contributed by atoms with van der Waals surface area (Å²) < 4.78 is 0. The van der Waals surface area contributed by atoms with Gasteiger partial charge in [0.1, 0.15) is 0 Å². The molecule has 23 heavy (non-hydrogen) atoms. The lowest BCUT2D eigenvalue weighted by atomic mass is 9.79. The molecule has 0 heterocycles. The molecule has 3 aliphatic carbocycles. The fourth-order valence-corrected chi connectivity index (χ4v) is 5.27. The second-order valence-corrected chi connectivity index (χ2v) is 8.19. The third-order valence-corrected chi connectivity index (χ3v) is 6.38. The second-order valence-electron chi connectivity index (χ2n) is 7.78. The van der Waals surface area contributed by atoms with Crippen LogP contribution in [0.4, 0.5) is 5.69 Å². The Morgan fingerprint density at radius 1 is 1.13 bits per heavy atom. The topological polar surface area (TPSA) is 24.1 Å². The minimum atomic E-state index is 0.555. The van der Waals surface area contributed by atoms with Gasteiger partial charge in [0, 0.05) is 11.7 Å². The molecule has 0 spiro atoms. The minimum Gasteiger partial charge on any atom is -0.359 e. The van der Waals surface area contributed by atoms with E-state index in [9.17, 15) is 0 Å². The Hall–Kier alpha value is -1.35. The molecule has 0 saturated heterocycles. The largest absolute Gasteiger partial charge is 0.359 e. The zero-order chi connectivity index (χ0) is 16.0. The van der Waals surface area contributed by atoms with Gasteiger partial charge in [0.05, 0.1) is 0 Å². The number of hydrogen-bond acceptors (Lipinski definition) is 1. The van der Waals surface area contributed by atoms with Crippen LogP contribution in [0.3, 0.4) is 0 Å². The van der Waals surface area contributed by atoms with Crippen LogP contribution in [0.15, 0.2) is 36.4 Å². The third kappa shape index (κ3) is 2.80. The Bertz CT molecular complexity index is 619. The summed E-state index contributed by atoms with van der Waals surface area (Å²) in [5.74, 6) is 4.00. The SMILES string of the molecule is CC(C)c1ccc(NC(=S)N[C@@H]2C[C@@H]3C[C@@H]2[C@H]2C=CC[C@H]32)cc1. The van der Waals surface area contributed by atoms with Gasteiger partial charge >= 0.3 is 0 Å². The second kappa shape index (κ2) is 5.94. The van der Waals surface area contributed by atoms with Crippen molar-refractivity contribution in [1.29, 1.82) is 0 Å². The highest BCUT2D eigenvalue weighted by Gasteiger charge is 2.52. The molecule has 1 aromatic rings. The third-order valence-electron chi connectivity index (χ3n) is 6.16. The van der Waals surface area contributed by atoms with Crippen molar-refractivity contribution in [2.45, 2.75) is 45.1 Å². The van der Waals surface area contributed by atoms with Gasteiger partial charge in [-0.2, -0.15) is 0 Å². The summed E-state index contributed by atoms with van der Waals surface area (Å²) in [4.78, 5) is 0. The molecule has 3 heteroatoms. The zero-order valence-electron chi connectivity index (χ0n) is 14.0. The number of anilines is 1. The van der Waals surface area contributed by atoms with Gasteiger partial charge in [0.15, 0.2) is 5.11 Å². The lowest BCUT2D eigenvalue weighted by Gasteiger charge is -2.32. The van der Waals surface area contributed by atoms with Crippen LogP contribution in [0.2, 0.25) is 0 Å². The monoisotopic (exact) mass is 326 g/mol. The maximum Gasteiger partial charge on any atom is 0.171 e. The van der Waals surface area contributed by atoms with Crippen molar-refractivity contribution < 1.29 is 0 Å². The van der Waals surface area contributed by atoms with Gasteiger partial charge in [-0.25, -0.2) is 0 Å². The van der Waals surface area contributed by atoms with E-state index in [0.29, 0.717) is 12.0 Å². The molecular weight excluding hydrogens is 300 g/mol. The summed E-state index contributed by atoms with van der Waals surface area (Å²) in [5.41, 5.74) is 2.44. The predicted octanol–water partition coefficient (Wildman–Crippen LogP) is 4.70. The first kappa shape index (κ1) is 15.2. The smallest absolute Gasteiger partial charge is 0.171 e. The molecule has 0 aliphatic heterocycles. The average Bonchev–Trinajstić information content (AvgIpc) is 3.19. The first-order chi connectivity index (χ1) is 11.1. The normalized spacial score (nSPS) is 34.0. The first-order valence-corrected chi connectivity index (χ1v) is 9.37. The molecule has 2 saturated carbocycles. The fourth-order valence-electron chi connectivity index (χ4n) is 5.00. The summed E-state index contributed by atoms with van der Waals surface area (Å²) in [5, 5.41) is 7.73. The van der Waals surface area contributed by atoms with E-state index in [-0.39, 0.29) is 0 Å². The van der Waals surface area contributed by atoms with E-state index in [1.807, 2.05) is 0 Å². The molecule has 2 bridgehead atoms. The van der Waals surface area contributed by atoms with Gasteiger partial charge in [-0.3, -0.25) is 0 Å². The van der Waals surface area contributed by atoms with Crippen LogP contribution in [0.25, 0.3) is 0 Å². The Balaban J connectivity index is 1.35. The van der Waals surface area contributed by atoms with Gasteiger partial charge in [-0.15, -0.1) is 0 Å². The van der Waals surface area contributed by atoms with Crippen LogP contribution in [-0.4, -0.2) is 11.2 Å². The average molecular weight is 327 g/mol. The van der Waals surface area contributed by atoms with Gasteiger partial charge < -0.3 is 10.6 Å². The summed E-state index contributed by atoms with van der Waals surface area (Å²) in [6, 6.07) is 9.17. The number of rotatable bonds is 3. The Morgan fingerprint density at radius 2 is 1.91 bits per heavy atom. The van der Waals surface area contributed by atoms with Crippen molar-refractivity contribution >= 4 is 23.0 Å². The van der Waals surface area contributed by atoms with E-state index in [2.05, 4.69) is 60.9 Å². The van der Waals surface area contributed by atoms with Crippen LogP contribution < -0.4 is 10.6 Å². The van der Waals surface area contributed by atoms with E-state index in [4.69, 9.17) is 12.2 Å². The van der Waals surface area contributed by atoms with Gasteiger partial charge in [0.25, 0.3) is 0 Å². The van der Waals surface area contributed by atoms with Crippen LogP contribution in [0.5, 0.6) is 0 Å². The molecule has 122 valence electrons. The van der Waals surface area contributed by atoms with E-state index >= 15 is 0 Å². The molecule has 2 fully saturated rings. The van der Waals surface area contributed by atoms with E-state index in [0.717, 1.165) is 34.5 Å². The van der Waals surface area contributed by atoms with Crippen molar-refractivity contribution in [2.75, 3.05) is 5.32 Å². The van der Waals surface area contributed by atoms with E-state index < -0.39 is 0 Å². The summed E-state index contributed by atoms with van der Waals surface area (Å²) >= 11 is 5.55. The maximum absolute atomic E-state index is 5.55. The minimum absolute atomic E-state index is 0.555. The summed E-state index contributed by atoms with van der Waals surface area (Å²) in [6.45, 7) is 4.43. The molecule has 1 aromatic carbocycles. The number of nitrogens with one attached hydrogen (secondary N) is 2. The van der Waals surface area contributed by atoms with Crippen molar-refractivity contribution in [3.63, 3.8) is 0 Å². The highest BCUT2D eigenvalue weighted by atomic mass is 32.1. The van der Waals surface area contributed by atoms with Crippen molar-refractivity contribution in [3.8, 4) is 0 Å². The number of allylic oxidation sites excluding steroid dienone is 2. The van der Waals surface area contributed by atoms with Crippen molar-refractivity contribution in [1.82, 2.24) is 5.32 Å². The Labute approximate surface area is 144 Å². The van der Waals surface area contributed by atoms with Crippen LogP contribution in [-0.2, 0) is 0 Å². The molecule has 2 N–H and O–H groups in total. The molecular formula is C20H26N2S. The molecule has 2 nitrogen and oxygen atoms in total. The van der Waals surface area contributed by atoms with E-state index in [1.165, 1.54) is 24.8 Å². The maximum atomic E-state index is 5.55.